The van der Waals surface area contributed by atoms with Crippen LogP contribution in [0.4, 0.5) is 0 Å². The Morgan fingerprint density at radius 3 is 2.34 bits per heavy atom. The Morgan fingerprint density at radius 1 is 0.927 bits per heavy atom. The van der Waals surface area contributed by atoms with E-state index in [1.54, 1.807) is 80.9 Å². The molecule has 1 aliphatic heterocycles. The number of carbonyl (C=O) groups excluding carboxylic acids is 1. The van der Waals surface area contributed by atoms with E-state index in [0.29, 0.717) is 45.8 Å². The number of nitrogens with two attached hydrogens (primary N) is 1. The van der Waals surface area contributed by atoms with Gasteiger partial charge in [-0.05, 0) is 65.7 Å². The molecule has 1 heterocycles. The zero-order valence-corrected chi connectivity index (χ0v) is 23.0. The summed E-state index contributed by atoms with van der Waals surface area (Å²) >= 11 is 5.97. The van der Waals surface area contributed by atoms with Gasteiger partial charge in [-0.3, -0.25) is 0 Å². The van der Waals surface area contributed by atoms with Crippen LogP contribution in [0.3, 0.4) is 0 Å². The maximum atomic E-state index is 12.7. The summed E-state index contributed by atoms with van der Waals surface area (Å²) in [4.78, 5) is 12.7. The van der Waals surface area contributed by atoms with Crippen molar-refractivity contribution in [2.75, 3.05) is 14.2 Å². The molecule has 0 bridgehead atoms. The second-order valence-corrected chi connectivity index (χ2v) is 9.50. The van der Waals surface area contributed by atoms with Gasteiger partial charge in [-0.15, -0.1) is 0 Å². The highest BCUT2D eigenvalue weighted by Crippen LogP contribution is 2.45. The Labute approximate surface area is 242 Å². The number of allylic oxidation sites excluding steroid dienone is 1. The summed E-state index contributed by atoms with van der Waals surface area (Å²) in [5.74, 6) is 1.16. The molecule has 1 atom stereocenters. The van der Waals surface area contributed by atoms with Crippen LogP contribution in [-0.2, 0) is 6.61 Å². The van der Waals surface area contributed by atoms with E-state index in [-0.39, 0.29) is 17.2 Å². The first-order valence-electron chi connectivity index (χ1n) is 12.5. The van der Waals surface area contributed by atoms with Crippen LogP contribution in [0, 0.1) is 11.3 Å². The average Bonchev–Trinajstić information content (AvgIpc) is 3.00. The minimum absolute atomic E-state index is 0.0364. The molecule has 206 valence electrons. The van der Waals surface area contributed by atoms with E-state index in [4.69, 9.17) is 41.0 Å². The van der Waals surface area contributed by atoms with E-state index in [9.17, 15) is 10.1 Å². The molecule has 0 aliphatic carbocycles. The molecule has 0 saturated heterocycles. The van der Waals surface area contributed by atoms with Crippen molar-refractivity contribution in [2.24, 2.45) is 5.73 Å². The number of fused-ring (bicyclic) bond motifs is 1. The predicted octanol–water partition coefficient (Wildman–Crippen LogP) is 6.37. The van der Waals surface area contributed by atoms with Crippen LogP contribution < -0.4 is 29.4 Å². The van der Waals surface area contributed by atoms with E-state index < -0.39 is 11.9 Å². The second kappa shape index (κ2) is 11.9. The zero-order chi connectivity index (χ0) is 28.9. The standard InChI is InChI=1S/C32H25ClN2O6/c1-37-23-10-5-20(6-11-23)32(36)40-24-12-13-25-28(16-24)41-31(35)26(17-34)30(25)21-7-14-27(29(15-21)38-2)39-18-19-3-8-22(33)9-4-19/h3-16,30H,18,35H2,1-2H3. The fourth-order valence-corrected chi connectivity index (χ4v) is 4.59. The third-order valence-electron chi connectivity index (χ3n) is 6.56. The van der Waals surface area contributed by atoms with Crippen LogP contribution in [-0.4, -0.2) is 20.2 Å². The van der Waals surface area contributed by atoms with Gasteiger partial charge in [0.25, 0.3) is 0 Å². The molecular weight excluding hydrogens is 544 g/mol. The number of ether oxygens (including phenoxy) is 5. The third-order valence-corrected chi connectivity index (χ3v) is 6.81. The number of nitrogens with zero attached hydrogens (tertiary/aromatic N) is 1. The van der Waals surface area contributed by atoms with E-state index >= 15 is 0 Å². The summed E-state index contributed by atoms with van der Waals surface area (Å²) in [7, 11) is 3.10. The van der Waals surface area contributed by atoms with Gasteiger partial charge in [0.1, 0.15) is 35.5 Å². The number of benzene rings is 4. The van der Waals surface area contributed by atoms with Gasteiger partial charge >= 0.3 is 5.97 Å². The van der Waals surface area contributed by atoms with Crippen molar-refractivity contribution < 1.29 is 28.5 Å². The van der Waals surface area contributed by atoms with Crippen molar-refractivity contribution in [3.05, 3.63) is 124 Å². The number of methoxy groups -OCH3 is 2. The van der Waals surface area contributed by atoms with Gasteiger partial charge < -0.3 is 29.4 Å². The van der Waals surface area contributed by atoms with Crippen molar-refractivity contribution in [1.82, 2.24) is 0 Å². The number of halogens is 1. The smallest absolute Gasteiger partial charge is 0.343 e. The summed E-state index contributed by atoms with van der Waals surface area (Å²) in [5, 5.41) is 10.6. The summed E-state index contributed by atoms with van der Waals surface area (Å²) < 4.78 is 28.1. The Morgan fingerprint density at radius 2 is 1.66 bits per heavy atom. The van der Waals surface area contributed by atoms with E-state index in [2.05, 4.69) is 6.07 Å². The quantitative estimate of drug-likeness (QED) is 0.193. The lowest BCUT2D eigenvalue weighted by Crippen LogP contribution is -2.21. The highest BCUT2D eigenvalue weighted by Gasteiger charge is 2.32. The second-order valence-electron chi connectivity index (χ2n) is 9.07. The minimum atomic E-state index is -0.547. The Kier molecular flexibility index (Phi) is 7.99. The predicted molar refractivity (Wildman–Crippen MR) is 152 cm³/mol. The van der Waals surface area contributed by atoms with Crippen molar-refractivity contribution in [2.45, 2.75) is 12.5 Å². The highest BCUT2D eigenvalue weighted by atomic mass is 35.5. The average molecular weight is 569 g/mol. The van der Waals surface area contributed by atoms with Gasteiger partial charge in [0.2, 0.25) is 5.88 Å². The van der Waals surface area contributed by atoms with E-state index in [1.807, 2.05) is 18.2 Å². The number of nitriles is 1. The van der Waals surface area contributed by atoms with Gasteiger partial charge in [0, 0.05) is 16.7 Å². The van der Waals surface area contributed by atoms with Gasteiger partial charge in [0.05, 0.1) is 25.7 Å². The van der Waals surface area contributed by atoms with E-state index in [0.717, 1.165) is 11.1 Å². The minimum Gasteiger partial charge on any atom is -0.497 e. The number of rotatable bonds is 8. The first-order valence-corrected chi connectivity index (χ1v) is 12.9. The molecular formula is C32H25ClN2O6. The molecule has 1 aliphatic rings. The zero-order valence-electron chi connectivity index (χ0n) is 22.2. The molecule has 9 heteroatoms. The number of hydrogen-bond acceptors (Lipinski definition) is 8. The number of hydrogen-bond donors (Lipinski definition) is 1. The maximum absolute atomic E-state index is 12.7. The lowest BCUT2D eigenvalue weighted by atomic mass is 9.83. The van der Waals surface area contributed by atoms with Gasteiger partial charge in [0.15, 0.2) is 11.5 Å². The van der Waals surface area contributed by atoms with Gasteiger partial charge in [-0.25, -0.2) is 4.79 Å². The van der Waals surface area contributed by atoms with Crippen molar-refractivity contribution >= 4 is 17.6 Å². The molecule has 0 spiro atoms. The molecule has 2 N–H and O–H groups in total. The van der Waals surface area contributed by atoms with E-state index in [1.165, 1.54) is 0 Å². The first-order chi connectivity index (χ1) is 19.9. The van der Waals surface area contributed by atoms with Gasteiger partial charge in [-0.2, -0.15) is 5.26 Å². The molecule has 0 amide bonds. The maximum Gasteiger partial charge on any atom is 0.343 e. The van der Waals surface area contributed by atoms with Gasteiger partial charge in [-0.1, -0.05) is 35.9 Å². The SMILES string of the molecule is COc1ccc(C(=O)Oc2ccc3c(c2)OC(N)=C(C#N)C3c2ccc(OCc3ccc(Cl)cc3)c(OC)c2)cc1. The molecule has 4 aromatic carbocycles. The molecule has 5 rings (SSSR count). The Hall–Kier alpha value is -5.13. The molecule has 4 aromatic rings. The molecule has 0 aromatic heterocycles. The van der Waals surface area contributed by atoms with Crippen molar-refractivity contribution in [3.8, 4) is 34.8 Å². The lowest BCUT2D eigenvalue weighted by Gasteiger charge is -2.27. The molecule has 0 radical (unpaired) electrons. The molecule has 8 nitrogen and oxygen atoms in total. The topological polar surface area (TPSA) is 113 Å². The molecule has 1 unspecified atom stereocenters. The Balaban J connectivity index is 1.41. The number of carbonyl (C=O) groups is 1. The van der Waals surface area contributed by atoms with Crippen LogP contribution in [0.25, 0.3) is 0 Å². The largest absolute Gasteiger partial charge is 0.497 e. The molecule has 41 heavy (non-hydrogen) atoms. The third kappa shape index (κ3) is 5.91. The van der Waals surface area contributed by atoms with Crippen LogP contribution >= 0.6 is 11.6 Å². The van der Waals surface area contributed by atoms with Crippen molar-refractivity contribution in [1.29, 1.82) is 5.26 Å². The fourth-order valence-electron chi connectivity index (χ4n) is 4.46. The first kappa shape index (κ1) is 27.4. The van der Waals surface area contributed by atoms with Crippen molar-refractivity contribution in [3.63, 3.8) is 0 Å². The fraction of sp³-hybridized carbons (Fsp3) is 0.125. The highest BCUT2D eigenvalue weighted by molar-refractivity contribution is 6.30. The monoisotopic (exact) mass is 568 g/mol. The van der Waals surface area contributed by atoms with Crippen LogP contribution in [0.15, 0.2) is 96.4 Å². The van der Waals surface area contributed by atoms with Crippen LogP contribution in [0.1, 0.15) is 33.0 Å². The normalized spacial score (nSPS) is 13.9. The molecule has 0 fully saturated rings. The number of esters is 1. The summed E-state index contributed by atoms with van der Waals surface area (Å²) in [6.07, 6.45) is 0. The Bertz CT molecular complexity index is 1660. The van der Waals surface area contributed by atoms with Crippen LogP contribution in [0.5, 0.6) is 28.7 Å². The molecule has 0 saturated carbocycles. The summed E-state index contributed by atoms with van der Waals surface area (Å²) in [5.41, 5.74) is 9.15. The lowest BCUT2D eigenvalue weighted by molar-refractivity contribution is 0.0734. The summed E-state index contributed by atoms with van der Waals surface area (Å²) in [6.45, 7) is 0.321. The van der Waals surface area contributed by atoms with Crippen LogP contribution in [0.2, 0.25) is 5.02 Å². The summed E-state index contributed by atoms with van der Waals surface area (Å²) in [6, 6.07) is 26.5.